The van der Waals surface area contributed by atoms with Crippen molar-refractivity contribution >= 4 is 19.9 Å². The maximum atomic E-state index is 12.4. The predicted octanol–water partition coefficient (Wildman–Crippen LogP) is 2.74. The quantitative estimate of drug-likeness (QED) is 0.606. The molecule has 0 amide bonds. The minimum absolute atomic E-state index is 0.0430. The summed E-state index contributed by atoms with van der Waals surface area (Å²) < 4.78 is 55.2. The largest absolute Gasteiger partial charge is 0.338 e. The lowest BCUT2D eigenvalue weighted by Gasteiger charge is -2.05. The maximum Gasteiger partial charge on any atom is 0.242 e. The Kier molecular flexibility index (Phi) is 5.87. The summed E-state index contributed by atoms with van der Waals surface area (Å²) in [7, 11) is -7.26. The van der Waals surface area contributed by atoms with Crippen molar-refractivity contribution in [3.8, 4) is 11.4 Å². The maximum absolute atomic E-state index is 12.4. The molecule has 10 heteroatoms. The van der Waals surface area contributed by atoms with E-state index in [2.05, 4.69) is 28.7 Å². The van der Waals surface area contributed by atoms with Crippen molar-refractivity contribution in [3.63, 3.8) is 0 Å². The highest BCUT2D eigenvalue weighted by Gasteiger charge is 2.17. The molecule has 2 aromatic carbocycles. The van der Waals surface area contributed by atoms with Gasteiger partial charge in [0, 0.05) is 11.8 Å². The van der Waals surface area contributed by atoms with Crippen LogP contribution in [0.1, 0.15) is 31.2 Å². The van der Waals surface area contributed by atoms with E-state index in [0.29, 0.717) is 11.7 Å². The summed E-state index contributed by atoms with van der Waals surface area (Å²) in [4.78, 5) is 4.20. The van der Waals surface area contributed by atoms with Crippen molar-refractivity contribution < 1.29 is 21.4 Å². The average molecular weight is 436 g/mol. The number of benzene rings is 2. The molecule has 0 atom stereocenters. The Morgan fingerprint density at radius 2 is 1.52 bits per heavy atom. The Labute approximate surface area is 169 Å². The van der Waals surface area contributed by atoms with Crippen molar-refractivity contribution in [2.45, 2.75) is 36.1 Å². The highest BCUT2D eigenvalue weighted by Crippen LogP contribution is 2.21. The number of nitrogens with one attached hydrogen (secondary N) is 1. The average Bonchev–Trinajstić information content (AvgIpc) is 3.15. The van der Waals surface area contributed by atoms with Gasteiger partial charge < -0.3 is 4.52 Å². The fourth-order valence-electron chi connectivity index (χ4n) is 2.57. The van der Waals surface area contributed by atoms with Crippen LogP contribution >= 0.6 is 0 Å². The summed E-state index contributed by atoms with van der Waals surface area (Å²) in [5, 5.41) is 3.89. The third-order valence-corrected chi connectivity index (χ3v) is 6.82. The second kappa shape index (κ2) is 8.05. The van der Waals surface area contributed by atoms with Gasteiger partial charge in [-0.1, -0.05) is 43.3 Å². The first-order chi connectivity index (χ1) is 13.6. The van der Waals surface area contributed by atoms with E-state index in [9.17, 15) is 16.8 Å². The molecular formula is C19H21N3O5S2. The van der Waals surface area contributed by atoms with Gasteiger partial charge >= 0.3 is 0 Å². The van der Waals surface area contributed by atoms with Gasteiger partial charge in [0.2, 0.25) is 21.7 Å². The number of aromatic nitrogens is 2. The van der Waals surface area contributed by atoms with Crippen molar-refractivity contribution in [2.75, 3.05) is 6.26 Å². The Hall–Kier alpha value is -2.56. The molecule has 3 aromatic rings. The highest BCUT2D eigenvalue weighted by atomic mass is 32.2. The van der Waals surface area contributed by atoms with Gasteiger partial charge in [-0.15, -0.1) is 0 Å². The Bertz CT molecular complexity index is 1200. The van der Waals surface area contributed by atoms with Crippen LogP contribution in [0.3, 0.4) is 0 Å². The molecule has 0 unspecified atom stereocenters. The van der Waals surface area contributed by atoms with Gasteiger partial charge in [0.05, 0.1) is 16.3 Å². The second-order valence-corrected chi connectivity index (χ2v) is 10.6. The van der Waals surface area contributed by atoms with Crippen molar-refractivity contribution in [1.82, 2.24) is 14.9 Å². The molecule has 0 aliphatic heterocycles. The summed E-state index contributed by atoms with van der Waals surface area (Å²) in [5.74, 6) is 0.891. The normalized spacial score (nSPS) is 12.4. The van der Waals surface area contributed by atoms with E-state index in [1.165, 1.54) is 29.8 Å². The zero-order chi connectivity index (χ0) is 21.2. The fraction of sp³-hybridized carbons (Fsp3) is 0.263. The van der Waals surface area contributed by atoms with Crippen LogP contribution in [0.25, 0.3) is 11.4 Å². The Balaban J connectivity index is 1.70. The van der Waals surface area contributed by atoms with E-state index in [4.69, 9.17) is 4.52 Å². The molecule has 0 aliphatic rings. The van der Waals surface area contributed by atoms with Gasteiger partial charge in [0.1, 0.15) is 0 Å². The summed E-state index contributed by atoms with van der Waals surface area (Å²) in [6.07, 6.45) is 1.05. The van der Waals surface area contributed by atoms with Gasteiger partial charge in [-0.25, -0.2) is 21.6 Å². The molecule has 0 radical (unpaired) electrons. The second-order valence-electron chi connectivity index (χ2n) is 6.86. The highest BCUT2D eigenvalue weighted by molar-refractivity contribution is 7.90. The van der Waals surface area contributed by atoms with Gasteiger partial charge in [0.15, 0.2) is 9.84 Å². The molecule has 1 heterocycles. The van der Waals surface area contributed by atoms with E-state index >= 15 is 0 Å². The molecular weight excluding hydrogens is 414 g/mol. The summed E-state index contributed by atoms with van der Waals surface area (Å²) in [6.45, 7) is 4.01. The number of hydrogen-bond donors (Lipinski definition) is 1. The summed E-state index contributed by atoms with van der Waals surface area (Å²) in [6, 6.07) is 12.7. The minimum Gasteiger partial charge on any atom is -0.338 e. The lowest BCUT2D eigenvalue weighted by molar-refractivity contribution is 0.376. The molecule has 3 rings (SSSR count). The first-order valence-corrected chi connectivity index (χ1v) is 12.2. The topological polar surface area (TPSA) is 119 Å². The van der Waals surface area contributed by atoms with Crippen LogP contribution in [0.4, 0.5) is 0 Å². The summed E-state index contributed by atoms with van der Waals surface area (Å²) >= 11 is 0. The molecule has 0 spiro atoms. The number of rotatable bonds is 7. The smallest absolute Gasteiger partial charge is 0.242 e. The number of sulfonamides is 1. The van der Waals surface area contributed by atoms with Crippen LogP contribution in [0.15, 0.2) is 62.8 Å². The van der Waals surface area contributed by atoms with Crippen LogP contribution in [0, 0.1) is 0 Å². The zero-order valence-corrected chi connectivity index (χ0v) is 17.8. The van der Waals surface area contributed by atoms with Gasteiger partial charge in [-0.3, -0.25) is 0 Å². The Morgan fingerprint density at radius 3 is 2.07 bits per heavy atom. The standard InChI is InChI=1S/C19H21N3O5S2/c1-13(2)14-4-6-15(7-5-14)19-21-18(27-22-19)12-20-29(25,26)17-10-8-16(9-11-17)28(3,23)24/h4-11,13,20H,12H2,1-3H3. The molecule has 154 valence electrons. The van der Waals surface area contributed by atoms with E-state index in [0.717, 1.165) is 11.8 Å². The molecule has 1 N–H and O–H groups in total. The molecule has 0 saturated carbocycles. The zero-order valence-electron chi connectivity index (χ0n) is 16.2. The number of sulfone groups is 1. The monoisotopic (exact) mass is 435 g/mol. The van der Waals surface area contributed by atoms with Crippen LogP contribution in [-0.4, -0.2) is 33.2 Å². The van der Waals surface area contributed by atoms with Gasteiger partial charge in [-0.2, -0.15) is 4.98 Å². The minimum atomic E-state index is -3.86. The predicted molar refractivity (Wildman–Crippen MR) is 107 cm³/mol. The third kappa shape index (κ3) is 5.08. The lowest BCUT2D eigenvalue weighted by atomic mass is 10.0. The van der Waals surface area contributed by atoms with E-state index in [1.54, 1.807) is 0 Å². The fourth-order valence-corrected chi connectivity index (χ4v) is 4.17. The third-order valence-electron chi connectivity index (χ3n) is 4.28. The van der Waals surface area contributed by atoms with E-state index < -0.39 is 19.9 Å². The molecule has 0 saturated heterocycles. The number of nitrogens with zero attached hydrogens (tertiary/aromatic N) is 2. The molecule has 8 nitrogen and oxygen atoms in total. The Morgan fingerprint density at radius 1 is 0.931 bits per heavy atom. The molecule has 0 fully saturated rings. The van der Waals surface area contributed by atoms with Crippen LogP contribution in [0.2, 0.25) is 0 Å². The van der Waals surface area contributed by atoms with Crippen LogP contribution in [0.5, 0.6) is 0 Å². The van der Waals surface area contributed by atoms with Crippen LogP contribution < -0.4 is 4.72 Å². The first kappa shape index (κ1) is 21.2. The molecule has 1 aromatic heterocycles. The lowest BCUT2D eigenvalue weighted by Crippen LogP contribution is -2.23. The SMILES string of the molecule is CC(C)c1ccc(-c2noc(CNS(=O)(=O)c3ccc(S(C)(=O)=O)cc3)n2)cc1. The van der Waals surface area contributed by atoms with Gasteiger partial charge in [0.25, 0.3) is 0 Å². The molecule has 29 heavy (non-hydrogen) atoms. The van der Waals surface area contributed by atoms with Crippen LogP contribution in [-0.2, 0) is 26.4 Å². The molecule has 0 aliphatic carbocycles. The van der Waals surface area contributed by atoms with Crippen molar-refractivity contribution in [1.29, 1.82) is 0 Å². The van der Waals surface area contributed by atoms with E-state index in [1.807, 2.05) is 24.3 Å². The van der Waals surface area contributed by atoms with Crippen molar-refractivity contribution in [3.05, 3.63) is 60.0 Å². The molecule has 0 bridgehead atoms. The van der Waals surface area contributed by atoms with E-state index in [-0.39, 0.29) is 22.2 Å². The van der Waals surface area contributed by atoms with Gasteiger partial charge in [-0.05, 0) is 35.7 Å². The van der Waals surface area contributed by atoms with Crippen molar-refractivity contribution in [2.24, 2.45) is 0 Å². The summed E-state index contributed by atoms with van der Waals surface area (Å²) in [5.41, 5.74) is 1.95. The number of hydrogen-bond acceptors (Lipinski definition) is 7. The first-order valence-electron chi connectivity index (χ1n) is 8.79.